The number of carbonyl (C=O) groups excluding carboxylic acids is 1. The van der Waals surface area contributed by atoms with E-state index in [1.807, 2.05) is 36.4 Å². The zero-order valence-corrected chi connectivity index (χ0v) is 12.5. The van der Waals surface area contributed by atoms with Crippen molar-refractivity contribution in [3.8, 4) is 0 Å². The quantitative estimate of drug-likeness (QED) is 0.873. The van der Waals surface area contributed by atoms with Crippen molar-refractivity contribution in [2.24, 2.45) is 0 Å². The van der Waals surface area contributed by atoms with Gasteiger partial charge in [0, 0.05) is 25.0 Å². The zero-order chi connectivity index (χ0) is 15.0. The van der Waals surface area contributed by atoms with E-state index in [1.165, 1.54) is 0 Å². The molecule has 1 unspecified atom stereocenters. The van der Waals surface area contributed by atoms with E-state index in [0.29, 0.717) is 25.2 Å². The average molecular weight is 287 g/mol. The molecule has 1 fully saturated rings. The molecule has 5 heteroatoms. The second-order valence-corrected chi connectivity index (χ2v) is 6.16. The molecule has 5 nitrogen and oxygen atoms in total. The second-order valence-electron chi connectivity index (χ2n) is 6.16. The fourth-order valence-corrected chi connectivity index (χ4v) is 2.88. The number of hydrogen-bond acceptors (Lipinski definition) is 3. The molecule has 3 rings (SSSR count). The van der Waals surface area contributed by atoms with E-state index in [4.69, 9.17) is 0 Å². The van der Waals surface area contributed by atoms with E-state index in [9.17, 15) is 9.90 Å². The Morgan fingerprint density at radius 2 is 2.14 bits per heavy atom. The molecule has 1 atom stereocenters. The summed E-state index contributed by atoms with van der Waals surface area (Å²) in [7, 11) is 0. The minimum atomic E-state index is -0.662. The number of pyridine rings is 1. The molecule has 3 heterocycles. The van der Waals surface area contributed by atoms with Crippen molar-refractivity contribution in [3.63, 3.8) is 0 Å². The number of aliphatic hydroxyl groups is 1. The molecule has 0 aliphatic carbocycles. The first kappa shape index (κ1) is 14.1. The summed E-state index contributed by atoms with van der Waals surface area (Å²) in [4.78, 5) is 18.8. The van der Waals surface area contributed by atoms with Gasteiger partial charge in [0.05, 0.1) is 5.60 Å². The smallest absolute Gasteiger partial charge is 0.274 e. The minimum Gasteiger partial charge on any atom is -0.390 e. The van der Waals surface area contributed by atoms with Crippen LogP contribution in [-0.2, 0) is 0 Å². The van der Waals surface area contributed by atoms with E-state index in [-0.39, 0.29) is 5.91 Å². The van der Waals surface area contributed by atoms with Crippen LogP contribution in [0.1, 0.15) is 42.4 Å². The number of nitrogens with zero attached hydrogens (tertiary/aromatic N) is 3. The van der Waals surface area contributed by atoms with Gasteiger partial charge in [-0.05, 0) is 45.2 Å². The third-order valence-corrected chi connectivity index (χ3v) is 4.27. The molecule has 0 spiro atoms. The fourth-order valence-electron chi connectivity index (χ4n) is 2.88. The van der Waals surface area contributed by atoms with Gasteiger partial charge in [-0.3, -0.25) is 4.79 Å². The van der Waals surface area contributed by atoms with Gasteiger partial charge in [0.25, 0.3) is 5.91 Å². The van der Waals surface area contributed by atoms with E-state index < -0.39 is 5.60 Å². The lowest BCUT2D eigenvalue weighted by atomic mass is 9.98. The van der Waals surface area contributed by atoms with Crippen LogP contribution in [-0.4, -0.2) is 44.0 Å². The van der Waals surface area contributed by atoms with E-state index >= 15 is 0 Å². The molecule has 1 saturated heterocycles. The molecular formula is C16H21N3O2. The number of hydrogen-bond donors (Lipinski definition) is 1. The average Bonchev–Trinajstić information content (AvgIpc) is 2.79. The lowest BCUT2D eigenvalue weighted by molar-refractivity contribution is 0.0437. The highest BCUT2D eigenvalue weighted by molar-refractivity contribution is 5.93. The van der Waals surface area contributed by atoms with Crippen LogP contribution in [0, 0.1) is 6.92 Å². The summed E-state index contributed by atoms with van der Waals surface area (Å²) in [5.41, 5.74) is 1.66. The Balaban J connectivity index is 1.85. The maximum absolute atomic E-state index is 12.6. The number of carbonyl (C=O) groups is 1. The highest BCUT2D eigenvalue weighted by Gasteiger charge is 2.28. The van der Waals surface area contributed by atoms with Gasteiger partial charge in [-0.25, -0.2) is 4.98 Å². The molecule has 2 aromatic rings. The summed E-state index contributed by atoms with van der Waals surface area (Å²) in [6.45, 7) is 5.10. The third-order valence-electron chi connectivity index (χ3n) is 4.27. The molecule has 0 saturated carbocycles. The number of amides is 1. The molecule has 21 heavy (non-hydrogen) atoms. The standard InChI is InChI=1S/C16H21N3O2/c1-12-5-3-6-14-17-13(11-19(12)14)15(20)18-9-4-7-16(2,21)8-10-18/h3,5-6,11,21H,4,7-10H2,1-2H3. The van der Waals surface area contributed by atoms with Crippen molar-refractivity contribution in [2.75, 3.05) is 13.1 Å². The topological polar surface area (TPSA) is 57.8 Å². The maximum atomic E-state index is 12.6. The Morgan fingerprint density at radius 3 is 2.90 bits per heavy atom. The number of imidazole rings is 1. The Hall–Kier alpha value is -1.88. The Labute approximate surface area is 124 Å². The van der Waals surface area contributed by atoms with Crippen LogP contribution in [0.3, 0.4) is 0 Å². The van der Waals surface area contributed by atoms with Gasteiger partial charge in [0.15, 0.2) is 0 Å². The van der Waals surface area contributed by atoms with Crippen LogP contribution >= 0.6 is 0 Å². The number of aromatic nitrogens is 2. The predicted molar refractivity (Wildman–Crippen MR) is 80.3 cm³/mol. The first-order valence-electron chi connectivity index (χ1n) is 7.43. The molecule has 1 N–H and O–H groups in total. The first-order valence-corrected chi connectivity index (χ1v) is 7.43. The van der Waals surface area contributed by atoms with Crippen molar-refractivity contribution in [3.05, 3.63) is 35.8 Å². The van der Waals surface area contributed by atoms with Gasteiger partial charge >= 0.3 is 0 Å². The minimum absolute atomic E-state index is 0.0456. The van der Waals surface area contributed by atoms with Crippen LogP contribution in [0.5, 0.6) is 0 Å². The van der Waals surface area contributed by atoms with Crippen LogP contribution in [0.25, 0.3) is 5.65 Å². The van der Waals surface area contributed by atoms with Crippen molar-refractivity contribution in [2.45, 2.75) is 38.7 Å². The summed E-state index contributed by atoms with van der Waals surface area (Å²) in [6.07, 6.45) is 3.98. The number of likely N-dealkylation sites (tertiary alicyclic amines) is 1. The van der Waals surface area contributed by atoms with Crippen molar-refractivity contribution < 1.29 is 9.90 Å². The number of fused-ring (bicyclic) bond motifs is 1. The fraction of sp³-hybridized carbons (Fsp3) is 0.500. The van der Waals surface area contributed by atoms with E-state index in [1.54, 1.807) is 11.1 Å². The van der Waals surface area contributed by atoms with Crippen molar-refractivity contribution in [1.82, 2.24) is 14.3 Å². The largest absolute Gasteiger partial charge is 0.390 e. The molecule has 1 aliphatic rings. The molecule has 1 aliphatic heterocycles. The molecular weight excluding hydrogens is 266 g/mol. The molecule has 1 amide bonds. The van der Waals surface area contributed by atoms with Gasteiger partial charge in [-0.2, -0.15) is 0 Å². The normalized spacial score (nSPS) is 23.3. The first-order chi connectivity index (χ1) is 9.96. The van der Waals surface area contributed by atoms with Gasteiger partial charge < -0.3 is 14.4 Å². The Bertz CT molecular complexity index is 675. The Kier molecular flexibility index (Phi) is 3.45. The predicted octanol–water partition coefficient (Wildman–Crippen LogP) is 2.02. The third kappa shape index (κ3) is 2.78. The highest BCUT2D eigenvalue weighted by atomic mass is 16.3. The summed E-state index contributed by atoms with van der Waals surface area (Å²) in [6, 6.07) is 5.83. The van der Waals surface area contributed by atoms with Crippen LogP contribution in [0.4, 0.5) is 0 Å². The van der Waals surface area contributed by atoms with E-state index in [2.05, 4.69) is 4.98 Å². The van der Waals surface area contributed by atoms with Gasteiger partial charge in [-0.1, -0.05) is 6.07 Å². The molecule has 112 valence electrons. The lowest BCUT2D eigenvalue weighted by Crippen LogP contribution is -2.33. The molecule has 0 bridgehead atoms. The SMILES string of the molecule is Cc1cccc2nc(C(=O)N3CCCC(C)(O)CC3)cn12. The van der Waals surface area contributed by atoms with Crippen LogP contribution < -0.4 is 0 Å². The lowest BCUT2D eigenvalue weighted by Gasteiger charge is -2.21. The van der Waals surface area contributed by atoms with Gasteiger partial charge in [-0.15, -0.1) is 0 Å². The molecule has 0 radical (unpaired) electrons. The molecule has 2 aromatic heterocycles. The zero-order valence-electron chi connectivity index (χ0n) is 12.5. The van der Waals surface area contributed by atoms with Crippen LogP contribution in [0.15, 0.2) is 24.4 Å². The van der Waals surface area contributed by atoms with Crippen molar-refractivity contribution >= 4 is 11.6 Å². The number of aryl methyl sites for hydroxylation is 1. The van der Waals surface area contributed by atoms with E-state index in [0.717, 1.165) is 24.2 Å². The summed E-state index contributed by atoms with van der Waals surface area (Å²) >= 11 is 0. The second kappa shape index (κ2) is 5.15. The monoisotopic (exact) mass is 287 g/mol. The summed E-state index contributed by atoms with van der Waals surface area (Å²) in [5, 5.41) is 10.1. The molecule has 0 aromatic carbocycles. The summed E-state index contributed by atoms with van der Waals surface area (Å²) in [5.74, 6) is -0.0456. The number of rotatable bonds is 1. The Morgan fingerprint density at radius 1 is 1.33 bits per heavy atom. The van der Waals surface area contributed by atoms with Crippen LogP contribution in [0.2, 0.25) is 0 Å². The van der Waals surface area contributed by atoms with Crippen molar-refractivity contribution in [1.29, 1.82) is 0 Å². The highest BCUT2D eigenvalue weighted by Crippen LogP contribution is 2.22. The van der Waals surface area contributed by atoms with Gasteiger partial charge in [0.1, 0.15) is 11.3 Å². The summed E-state index contributed by atoms with van der Waals surface area (Å²) < 4.78 is 1.93. The maximum Gasteiger partial charge on any atom is 0.274 e. The van der Waals surface area contributed by atoms with Gasteiger partial charge in [0.2, 0.25) is 0 Å².